The molecule has 1 saturated carbocycles. The van der Waals surface area contributed by atoms with Crippen LogP contribution in [0.5, 0.6) is 5.75 Å². The number of sulfonamides is 1. The van der Waals surface area contributed by atoms with Crippen molar-refractivity contribution in [2.45, 2.75) is 99.0 Å². The average molecular weight is 623 g/mol. The quantitative estimate of drug-likeness (QED) is 0.359. The second kappa shape index (κ2) is 11.6. The molecular weight excluding hydrogens is 584 g/mol. The van der Waals surface area contributed by atoms with E-state index in [1.165, 1.54) is 17.1 Å². The third-order valence-corrected chi connectivity index (χ3v) is 11.9. The molecule has 1 aliphatic carbocycles. The molecular formula is C33H39ClN4O4S. The Morgan fingerprint density at radius 2 is 1.56 bits per heavy atom. The molecule has 3 aromatic carbocycles. The van der Waals surface area contributed by atoms with Crippen molar-refractivity contribution in [3.63, 3.8) is 0 Å². The van der Waals surface area contributed by atoms with E-state index < -0.39 is 16.1 Å². The monoisotopic (exact) mass is 622 g/mol. The molecule has 8 nitrogen and oxygen atoms in total. The number of piperidine rings is 1. The molecule has 7 rings (SSSR count). The smallest absolute Gasteiger partial charge is 0.243 e. The van der Waals surface area contributed by atoms with Crippen LogP contribution in [0.15, 0.2) is 65.6 Å². The van der Waals surface area contributed by atoms with Gasteiger partial charge in [-0.1, -0.05) is 23.7 Å². The van der Waals surface area contributed by atoms with Crippen LogP contribution in [0.2, 0.25) is 5.02 Å². The standard InChI is InChI=1S/C33H39ClN4O4S/c34-23-7-9-25(10-8-23)36-26-19-32(33(39)38-27-11-12-28(38)18-24(35)17-27)37(20-26)43(40,41)31-14-6-21-15-30(13-5-22(21)16-31)42-29-3-1-2-4-29/h5-10,13-16,24,26-29,32,36H,1-4,11-12,17-20,35H2/t24?,26?,27?,28?,32-/m0/s1. The van der Waals surface area contributed by atoms with Gasteiger partial charge in [0.2, 0.25) is 15.9 Å². The molecule has 0 spiro atoms. The molecule has 3 aromatic rings. The Bertz CT molecular complexity index is 1600. The number of amides is 1. The fraction of sp³-hybridized carbons (Fsp3) is 0.485. The maximum atomic E-state index is 14.3. The molecule has 3 saturated heterocycles. The first-order chi connectivity index (χ1) is 20.7. The van der Waals surface area contributed by atoms with Crippen molar-refractivity contribution in [2.24, 2.45) is 5.73 Å². The number of ether oxygens (including phenoxy) is 1. The van der Waals surface area contributed by atoms with E-state index in [2.05, 4.69) is 5.32 Å². The van der Waals surface area contributed by atoms with Crippen molar-refractivity contribution in [3.05, 3.63) is 65.7 Å². The summed E-state index contributed by atoms with van der Waals surface area (Å²) in [5, 5.41) is 5.82. The van der Waals surface area contributed by atoms with Crippen molar-refractivity contribution >= 4 is 44.0 Å². The van der Waals surface area contributed by atoms with Crippen molar-refractivity contribution in [1.29, 1.82) is 0 Å². The zero-order chi connectivity index (χ0) is 29.7. The van der Waals surface area contributed by atoms with Crippen LogP contribution in [0.1, 0.15) is 57.8 Å². The van der Waals surface area contributed by atoms with Gasteiger partial charge in [0.25, 0.3) is 0 Å². The summed E-state index contributed by atoms with van der Waals surface area (Å²) in [5.74, 6) is 0.713. The summed E-state index contributed by atoms with van der Waals surface area (Å²) in [7, 11) is -3.98. The molecule has 228 valence electrons. The number of carbonyl (C=O) groups excluding carboxylic acids is 1. The first-order valence-corrected chi connectivity index (χ1v) is 17.4. The minimum Gasteiger partial charge on any atom is -0.490 e. The zero-order valence-electron chi connectivity index (χ0n) is 24.2. The number of halogens is 1. The Labute approximate surface area is 258 Å². The van der Waals surface area contributed by atoms with Crippen LogP contribution < -0.4 is 15.8 Å². The molecule has 2 bridgehead atoms. The van der Waals surface area contributed by atoms with Crippen LogP contribution >= 0.6 is 11.6 Å². The second-order valence-corrected chi connectivity index (χ2v) is 15.1. The molecule has 0 radical (unpaired) electrons. The number of nitrogens with two attached hydrogens (primary N) is 1. The lowest BCUT2D eigenvalue weighted by Crippen LogP contribution is -2.55. The molecule has 4 aliphatic rings. The summed E-state index contributed by atoms with van der Waals surface area (Å²) in [6.45, 7) is 0.191. The number of nitrogens with zero attached hydrogens (tertiary/aromatic N) is 2. The Hall–Kier alpha value is -2.85. The molecule has 43 heavy (non-hydrogen) atoms. The van der Waals surface area contributed by atoms with Gasteiger partial charge in [-0.05, 0) is 117 Å². The predicted octanol–water partition coefficient (Wildman–Crippen LogP) is 5.54. The van der Waals surface area contributed by atoms with E-state index in [0.29, 0.717) is 11.4 Å². The predicted molar refractivity (Wildman–Crippen MR) is 169 cm³/mol. The third kappa shape index (κ3) is 5.72. The fourth-order valence-electron chi connectivity index (χ4n) is 7.70. The van der Waals surface area contributed by atoms with Gasteiger partial charge in [0.15, 0.2) is 0 Å². The summed E-state index contributed by atoms with van der Waals surface area (Å²) in [5.41, 5.74) is 7.12. The summed E-state index contributed by atoms with van der Waals surface area (Å²) >= 11 is 6.08. The zero-order valence-corrected chi connectivity index (χ0v) is 25.8. The van der Waals surface area contributed by atoms with Gasteiger partial charge < -0.3 is 20.7 Å². The maximum Gasteiger partial charge on any atom is 0.243 e. The number of hydrogen-bond acceptors (Lipinski definition) is 6. The number of nitrogens with one attached hydrogen (secondary N) is 1. The van der Waals surface area contributed by atoms with Crippen LogP contribution in [-0.4, -0.2) is 66.4 Å². The molecule has 3 aliphatic heterocycles. The fourth-order valence-corrected chi connectivity index (χ4v) is 9.50. The van der Waals surface area contributed by atoms with Crippen LogP contribution in [0, 0.1) is 0 Å². The van der Waals surface area contributed by atoms with E-state index in [1.54, 1.807) is 24.3 Å². The van der Waals surface area contributed by atoms with Gasteiger partial charge in [-0.3, -0.25) is 4.79 Å². The van der Waals surface area contributed by atoms with Gasteiger partial charge in [0.1, 0.15) is 11.8 Å². The van der Waals surface area contributed by atoms with Crippen molar-refractivity contribution < 1.29 is 17.9 Å². The van der Waals surface area contributed by atoms with Crippen molar-refractivity contribution in [3.8, 4) is 5.75 Å². The van der Waals surface area contributed by atoms with Crippen LogP contribution in [0.3, 0.4) is 0 Å². The number of benzene rings is 3. The molecule has 10 heteroatoms. The van der Waals surface area contributed by atoms with E-state index in [9.17, 15) is 13.2 Å². The largest absolute Gasteiger partial charge is 0.490 e. The Kier molecular flexibility index (Phi) is 7.78. The van der Waals surface area contributed by atoms with Crippen molar-refractivity contribution in [1.82, 2.24) is 9.21 Å². The van der Waals surface area contributed by atoms with E-state index in [4.69, 9.17) is 22.1 Å². The molecule has 3 heterocycles. The Balaban J connectivity index is 1.17. The Morgan fingerprint density at radius 3 is 2.28 bits per heavy atom. The summed E-state index contributed by atoms with van der Waals surface area (Å²) in [6, 6.07) is 17.6. The molecule has 3 unspecified atom stereocenters. The SMILES string of the molecule is NC1CC2CCC(C1)N2C(=O)[C@@H]1CC(Nc2ccc(Cl)cc2)CN1S(=O)(=O)c1ccc2cc(OC3CCCC3)ccc2c1. The molecule has 4 fully saturated rings. The minimum atomic E-state index is -3.98. The van der Waals surface area contributed by atoms with Gasteiger partial charge in [0.05, 0.1) is 11.0 Å². The van der Waals surface area contributed by atoms with Crippen molar-refractivity contribution in [2.75, 3.05) is 11.9 Å². The van der Waals surface area contributed by atoms with Crippen LogP contribution in [0.25, 0.3) is 10.8 Å². The van der Waals surface area contributed by atoms with Crippen LogP contribution in [-0.2, 0) is 14.8 Å². The highest BCUT2D eigenvalue weighted by molar-refractivity contribution is 7.89. The second-order valence-electron chi connectivity index (χ2n) is 12.7. The lowest BCUT2D eigenvalue weighted by Gasteiger charge is -2.40. The van der Waals surface area contributed by atoms with E-state index >= 15 is 0 Å². The molecule has 3 N–H and O–H groups in total. The van der Waals surface area contributed by atoms with Gasteiger partial charge >= 0.3 is 0 Å². The first kappa shape index (κ1) is 28.9. The van der Waals surface area contributed by atoms with Gasteiger partial charge in [0, 0.05) is 41.4 Å². The van der Waals surface area contributed by atoms with E-state index in [0.717, 1.165) is 60.7 Å². The first-order valence-electron chi connectivity index (χ1n) is 15.6. The Morgan fingerprint density at radius 1 is 0.884 bits per heavy atom. The van der Waals surface area contributed by atoms with Crippen LogP contribution in [0.4, 0.5) is 5.69 Å². The molecule has 4 atom stereocenters. The normalized spacial score (nSPS) is 28.0. The summed E-state index contributed by atoms with van der Waals surface area (Å²) in [6.07, 6.45) is 8.57. The third-order valence-electron chi connectivity index (χ3n) is 9.77. The topological polar surface area (TPSA) is 105 Å². The molecule has 1 amide bonds. The van der Waals surface area contributed by atoms with Gasteiger partial charge in [-0.2, -0.15) is 4.31 Å². The molecule has 0 aromatic heterocycles. The summed E-state index contributed by atoms with van der Waals surface area (Å²) in [4.78, 5) is 16.4. The number of anilines is 1. The van der Waals surface area contributed by atoms with Gasteiger partial charge in [-0.25, -0.2) is 8.42 Å². The number of fused-ring (bicyclic) bond motifs is 3. The minimum absolute atomic E-state index is 0.0791. The maximum absolute atomic E-state index is 14.3. The van der Waals surface area contributed by atoms with E-state index in [-0.39, 0.29) is 47.6 Å². The number of carbonyl (C=O) groups is 1. The highest BCUT2D eigenvalue weighted by Crippen LogP contribution is 2.39. The lowest BCUT2D eigenvalue weighted by molar-refractivity contribution is -0.139. The highest BCUT2D eigenvalue weighted by atomic mass is 35.5. The number of rotatable bonds is 7. The lowest BCUT2D eigenvalue weighted by atomic mass is 9.97. The average Bonchev–Trinajstić information content (AvgIpc) is 3.72. The number of hydrogen-bond donors (Lipinski definition) is 2. The highest BCUT2D eigenvalue weighted by Gasteiger charge is 2.50. The summed E-state index contributed by atoms with van der Waals surface area (Å²) < 4.78 is 36.2. The van der Waals surface area contributed by atoms with Gasteiger partial charge in [-0.15, -0.1) is 0 Å². The van der Waals surface area contributed by atoms with E-state index in [1.807, 2.05) is 41.3 Å².